The molecule has 144 valence electrons. The molecule has 0 atom stereocenters. The van der Waals surface area contributed by atoms with Gasteiger partial charge in [0.1, 0.15) is 5.75 Å². The number of nitrogens with zero attached hydrogens (tertiary/aromatic N) is 1. The average Bonchev–Trinajstić information content (AvgIpc) is 2.96. The first kappa shape index (κ1) is 19.5. The number of rotatable bonds is 3. The Bertz CT molecular complexity index is 1160. The van der Waals surface area contributed by atoms with Crippen LogP contribution < -0.4 is 9.64 Å². The normalized spacial score (nSPS) is 12.9. The molecule has 4 rings (SSSR count). The van der Waals surface area contributed by atoms with Crippen LogP contribution in [0.5, 0.6) is 5.75 Å². The molecule has 0 spiro atoms. The lowest BCUT2D eigenvalue weighted by Gasteiger charge is -2.15. The fraction of sp³-hybridized carbons (Fsp3) is 0. The molecule has 8 heteroatoms. The summed E-state index contributed by atoms with van der Waals surface area (Å²) in [6, 6.07) is 15.5. The monoisotopic (exact) mass is 445 g/mol. The van der Waals surface area contributed by atoms with Gasteiger partial charge in [0.15, 0.2) is 0 Å². The lowest BCUT2D eigenvalue weighted by atomic mass is 10.1. The summed E-state index contributed by atoms with van der Waals surface area (Å²) in [6.07, 6.45) is 0. The van der Waals surface area contributed by atoms with E-state index in [-0.39, 0.29) is 32.1 Å². The SMILES string of the molecule is O=C(Oc1cccc(N2C(=O)c3ccccc3C2=O)c1)c1c(Cl)ccc(Cl)c1Cl. The summed E-state index contributed by atoms with van der Waals surface area (Å²) in [4.78, 5) is 38.9. The number of hydrogen-bond donors (Lipinski definition) is 0. The van der Waals surface area contributed by atoms with Crippen LogP contribution in [0.2, 0.25) is 15.1 Å². The molecule has 0 fully saturated rings. The maximum absolute atomic E-state index is 12.6. The molecule has 0 saturated heterocycles. The van der Waals surface area contributed by atoms with Gasteiger partial charge in [-0.05, 0) is 36.4 Å². The van der Waals surface area contributed by atoms with Crippen LogP contribution in [-0.2, 0) is 0 Å². The molecule has 5 nitrogen and oxygen atoms in total. The van der Waals surface area contributed by atoms with Gasteiger partial charge in [-0.15, -0.1) is 0 Å². The van der Waals surface area contributed by atoms with Crippen LogP contribution >= 0.6 is 34.8 Å². The van der Waals surface area contributed by atoms with Crippen LogP contribution in [0.1, 0.15) is 31.1 Å². The maximum Gasteiger partial charge on any atom is 0.346 e. The molecule has 0 aliphatic carbocycles. The first-order valence-electron chi connectivity index (χ1n) is 8.32. The van der Waals surface area contributed by atoms with Crippen molar-refractivity contribution >= 4 is 58.3 Å². The zero-order valence-electron chi connectivity index (χ0n) is 14.5. The fourth-order valence-corrected chi connectivity index (χ4v) is 3.66. The van der Waals surface area contributed by atoms with Crippen LogP contribution in [0.15, 0.2) is 60.7 Å². The summed E-state index contributed by atoms with van der Waals surface area (Å²) in [5, 5.41) is 0.212. The molecule has 0 saturated carbocycles. The molecule has 29 heavy (non-hydrogen) atoms. The van der Waals surface area contributed by atoms with Gasteiger partial charge in [0.2, 0.25) is 0 Å². The van der Waals surface area contributed by atoms with Crippen molar-refractivity contribution in [1.29, 1.82) is 0 Å². The van der Waals surface area contributed by atoms with Crippen molar-refractivity contribution in [3.63, 3.8) is 0 Å². The standard InChI is InChI=1S/C21H10Cl3NO4/c22-15-8-9-16(23)18(24)17(15)21(28)29-12-5-3-4-11(10-12)25-19(26)13-6-1-2-7-14(13)20(25)27/h1-10H. The number of carbonyl (C=O) groups is 3. The Hall–Kier alpha value is -2.86. The fourth-order valence-electron chi connectivity index (χ4n) is 2.98. The molecular weight excluding hydrogens is 437 g/mol. The Labute approximate surface area is 180 Å². The van der Waals surface area contributed by atoms with Crippen molar-refractivity contribution in [2.45, 2.75) is 0 Å². The Morgan fingerprint density at radius 3 is 2.07 bits per heavy atom. The van der Waals surface area contributed by atoms with Gasteiger partial charge in [0, 0.05) is 6.07 Å². The highest BCUT2D eigenvalue weighted by Crippen LogP contribution is 2.34. The molecule has 0 N–H and O–H groups in total. The second-order valence-corrected chi connectivity index (χ2v) is 7.29. The highest BCUT2D eigenvalue weighted by molar-refractivity contribution is 6.46. The molecular formula is C21H10Cl3NO4. The summed E-state index contributed by atoms with van der Waals surface area (Å²) in [5.41, 5.74) is 0.825. The van der Waals surface area contributed by atoms with Crippen LogP contribution in [0.25, 0.3) is 0 Å². The van der Waals surface area contributed by atoms with Crippen molar-refractivity contribution in [2.24, 2.45) is 0 Å². The van der Waals surface area contributed by atoms with Gasteiger partial charge in [0.25, 0.3) is 11.8 Å². The summed E-state index contributed by atoms with van der Waals surface area (Å²) in [6.45, 7) is 0. The largest absolute Gasteiger partial charge is 0.423 e. The van der Waals surface area contributed by atoms with Crippen molar-refractivity contribution in [2.75, 3.05) is 4.90 Å². The zero-order valence-corrected chi connectivity index (χ0v) is 16.8. The molecule has 0 aromatic heterocycles. The number of hydrogen-bond acceptors (Lipinski definition) is 4. The smallest absolute Gasteiger partial charge is 0.346 e. The summed E-state index contributed by atoms with van der Waals surface area (Å²) >= 11 is 18.1. The van der Waals surface area contributed by atoms with E-state index in [0.717, 1.165) is 4.90 Å². The lowest BCUT2D eigenvalue weighted by molar-refractivity contribution is 0.0735. The zero-order chi connectivity index (χ0) is 20.7. The summed E-state index contributed by atoms with van der Waals surface area (Å²) < 4.78 is 5.35. The van der Waals surface area contributed by atoms with Crippen molar-refractivity contribution < 1.29 is 19.1 Å². The van der Waals surface area contributed by atoms with Gasteiger partial charge < -0.3 is 4.74 Å². The first-order chi connectivity index (χ1) is 13.9. The Kier molecular flexibility index (Phi) is 5.04. The van der Waals surface area contributed by atoms with Gasteiger partial charge in [-0.1, -0.05) is 53.0 Å². The van der Waals surface area contributed by atoms with Gasteiger partial charge in [-0.3, -0.25) is 9.59 Å². The number of anilines is 1. The third-order valence-electron chi connectivity index (χ3n) is 4.33. The predicted octanol–water partition coefficient (Wildman–Crippen LogP) is 5.67. The minimum Gasteiger partial charge on any atom is -0.423 e. The Balaban J connectivity index is 1.64. The van der Waals surface area contributed by atoms with E-state index in [0.29, 0.717) is 11.1 Å². The van der Waals surface area contributed by atoms with E-state index in [2.05, 4.69) is 0 Å². The van der Waals surface area contributed by atoms with E-state index in [1.54, 1.807) is 36.4 Å². The number of amides is 2. The third kappa shape index (κ3) is 3.38. The number of ether oxygens (including phenoxy) is 1. The molecule has 0 bridgehead atoms. The molecule has 1 aliphatic heterocycles. The number of carbonyl (C=O) groups excluding carboxylic acids is 3. The summed E-state index contributed by atoms with van der Waals surface area (Å²) in [7, 11) is 0. The van der Waals surface area contributed by atoms with Crippen molar-refractivity contribution in [3.05, 3.63) is 92.4 Å². The number of benzene rings is 3. The van der Waals surface area contributed by atoms with Gasteiger partial charge in [-0.2, -0.15) is 0 Å². The minimum absolute atomic E-state index is 0.0272. The molecule has 1 heterocycles. The minimum atomic E-state index is -0.818. The van der Waals surface area contributed by atoms with Gasteiger partial charge in [0.05, 0.1) is 37.4 Å². The van der Waals surface area contributed by atoms with Crippen LogP contribution in [0, 0.1) is 0 Å². The Morgan fingerprint density at radius 2 is 1.41 bits per heavy atom. The molecule has 0 radical (unpaired) electrons. The van der Waals surface area contributed by atoms with E-state index < -0.39 is 17.8 Å². The van der Waals surface area contributed by atoms with E-state index in [1.807, 2.05) is 0 Å². The molecule has 2 amide bonds. The highest BCUT2D eigenvalue weighted by Gasteiger charge is 2.36. The third-order valence-corrected chi connectivity index (χ3v) is 5.45. The van der Waals surface area contributed by atoms with Crippen molar-refractivity contribution in [3.8, 4) is 5.75 Å². The first-order valence-corrected chi connectivity index (χ1v) is 9.45. The van der Waals surface area contributed by atoms with Crippen LogP contribution in [-0.4, -0.2) is 17.8 Å². The number of fused-ring (bicyclic) bond motifs is 1. The quantitative estimate of drug-likeness (QED) is 0.225. The van der Waals surface area contributed by atoms with E-state index in [1.165, 1.54) is 24.3 Å². The van der Waals surface area contributed by atoms with Crippen LogP contribution in [0.4, 0.5) is 5.69 Å². The maximum atomic E-state index is 12.6. The second kappa shape index (κ2) is 7.52. The van der Waals surface area contributed by atoms with E-state index in [9.17, 15) is 14.4 Å². The average molecular weight is 447 g/mol. The Morgan fingerprint density at radius 1 is 0.793 bits per heavy atom. The molecule has 0 unspecified atom stereocenters. The number of imide groups is 1. The van der Waals surface area contributed by atoms with Crippen LogP contribution in [0.3, 0.4) is 0 Å². The number of halogens is 3. The summed E-state index contributed by atoms with van der Waals surface area (Å²) in [5.74, 6) is -1.61. The molecule has 3 aromatic rings. The van der Waals surface area contributed by atoms with Crippen molar-refractivity contribution in [1.82, 2.24) is 0 Å². The highest BCUT2D eigenvalue weighted by atomic mass is 35.5. The van der Waals surface area contributed by atoms with E-state index >= 15 is 0 Å². The van der Waals surface area contributed by atoms with E-state index in [4.69, 9.17) is 39.5 Å². The lowest BCUT2D eigenvalue weighted by Crippen LogP contribution is -2.29. The topological polar surface area (TPSA) is 63.7 Å². The number of esters is 1. The predicted molar refractivity (Wildman–Crippen MR) is 110 cm³/mol. The van der Waals surface area contributed by atoms with Gasteiger partial charge in [-0.25, -0.2) is 9.69 Å². The van der Waals surface area contributed by atoms with Gasteiger partial charge >= 0.3 is 5.97 Å². The second-order valence-electron chi connectivity index (χ2n) is 6.10. The molecule has 3 aromatic carbocycles. The molecule has 1 aliphatic rings.